The van der Waals surface area contributed by atoms with Crippen molar-refractivity contribution in [3.63, 3.8) is 0 Å². The van der Waals surface area contributed by atoms with E-state index in [1.807, 2.05) is 19.1 Å². The Bertz CT molecular complexity index is 924. The van der Waals surface area contributed by atoms with E-state index >= 15 is 0 Å². The standard InChI is InChI=1S/C20H26N4O2S/c1-12-9-13(2)11-23(10-12)17(15-5-7-16(26-4)8-6-15)18-19(25)24-20(27-18)21-14(3)22-24/h5-8,12-13,17,25H,9-11H2,1-4H3/t12-,13+,17-/m0/s1. The number of aromatic hydroxyl groups is 1. The Kier molecular flexibility index (Phi) is 4.82. The summed E-state index contributed by atoms with van der Waals surface area (Å²) in [6.45, 7) is 8.47. The molecule has 144 valence electrons. The molecule has 1 aliphatic rings. The molecule has 1 fully saturated rings. The summed E-state index contributed by atoms with van der Waals surface area (Å²) in [7, 11) is 1.68. The van der Waals surface area contributed by atoms with Crippen molar-refractivity contribution in [1.29, 1.82) is 0 Å². The van der Waals surface area contributed by atoms with Gasteiger partial charge in [0.05, 0.1) is 18.0 Å². The number of ether oxygens (including phenoxy) is 1. The van der Waals surface area contributed by atoms with Crippen LogP contribution in [0.3, 0.4) is 0 Å². The van der Waals surface area contributed by atoms with Crippen molar-refractivity contribution >= 4 is 16.3 Å². The van der Waals surface area contributed by atoms with Crippen LogP contribution in [0.4, 0.5) is 0 Å². The van der Waals surface area contributed by atoms with E-state index in [1.165, 1.54) is 17.8 Å². The molecule has 1 aromatic carbocycles. The molecule has 0 spiro atoms. The van der Waals surface area contributed by atoms with Crippen molar-refractivity contribution in [2.24, 2.45) is 11.8 Å². The number of benzene rings is 1. The first-order valence-electron chi connectivity index (χ1n) is 9.39. The zero-order chi connectivity index (χ0) is 19.1. The second kappa shape index (κ2) is 7.13. The first kappa shape index (κ1) is 18.3. The molecule has 7 heteroatoms. The van der Waals surface area contributed by atoms with Crippen molar-refractivity contribution in [3.8, 4) is 11.6 Å². The van der Waals surface area contributed by atoms with E-state index in [4.69, 9.17) is 4.74 Å². The number of likely N-dealkylation sites (tertiary alicyclic amines) is 1. The Morgan fingerprint density at radius 3 is 2.44 bits per heavy atom. The van der Waals surface area contributed by atoms with Crippen molar-refractivity contribution in [2.45, 2.75) is 33.2 Å². The lowest BCUT2D eigenvalue weighted by Gasteiger charge is -2.40. The van der Waals surface area contributed by atoms with Gasteiger partial charge >= 0.3 is 0 Å². The van der Waals surface area contributed by atoms with Crippen LogP contribution < -0.4 is 4.74 Å². The number of aromatic nitrogens is 3. The van der Waals surface area contributed by atoms with Crippen LogP contribution >= 0.6 is 11.3 Å². The maximum absolute atomic E-state index is 10.9. The van der Waals surface area contributed by atoms with Crippen LogP contribution in [0.2, 0.25) is 0 Å². The van der Waals surface area contributed by atoms with Gasteiger partial charge in [-0.3, -0.25) is 4.90 Å². The molecule has 1 aliphatic heterocycles. The minimum Gasteiger partial charge on any atom is -0.497 e. The number of nitrogens with zero attached hydrogens (tertiary/aromatic N) is 4. The number of thiazole rings is 1. The van der Waals surface area contributed by atoms with Gasteiger partial charge in [-0.05, 0) is 42.9 Å². The second-order valence-electron chi connectivity index (χ2n) is 7.72. The van der Waals surface area contributed by atoms with Gasteiger partial charge in [0, 0.05) is 13.1 Å². The van der Waals surface area contributed by atoms with Crippen LogP contribution in [0.1, 0.15) is 42.6 Å². The smallest absolute Gasteiger partial charge is 0.230 e. The summed E-state index contributed by atoms with van der Waals surface area (Å²) in [4.78, 5) is 8.56. The molecule has 0 bridgehead atoms. The molecule has 0 radical (unpaired) electrons. The minimum atomic E-state index is -0.0186. The zero-order valence-corrected chi connectivity index (χ0v) is 17.0. The topological polar surface area (TPSA) is 62.9 Å². The van der Waals surface area contributed by atoms with Gasteiger partial charge in [-0.2, -0.15) is 4.52 Å². The second-order valence-corrected chi connectivity index (χ2v) is 8.73. The number of methoxy groups -OCH3 is 1. The van der Waals surface area contributed by atoms with Crippen molar-refractivity contribution in [3.05, 3.63) is 40.5 Å². The third kappa shape index (κ3) is 3.41. The van der Waals surface area contributed by atoms with Crippen LogP contribution in [0.5, 0.6) is 11.6 Å². The summed E-state index contributed by atoms with van der Waals surface area (Å²) in [5, 5.41) is 15.3. The van der Waals surface area contributed by atoms with Gasteiger partial charge in [-0.25, -0.2) is 4.98 Å². The fraction of sp³-hybridized carbons (Fsp3) is 0.500. The first-order valence-corrected chi connectivity index (χ1v) is 10.2. The highest BCUT2D eigenvalue weighted by Crippen LogP contribution is 2.42. The Labute approximate surface area is 163 Å². The van der Waals surface area contributed by atoms with Crippen molar-refractivity contribution in [2.75, 3.05) is 20.2 Å². The first-order chi connectivity index (χ1) is 13.0. The van der Waals surface area contributed by atoms with Gasteiger partial charge in [0.2, 0.25) is 10.8 Å². The number of rotatable bonds is 4. The molecule has 3 atom stereocenters. The van der Waals surface area contributed by atoms with Gasteiger partial charge in [0.25, 0.3) is 0 Å². The minimum absolute atomic E-state index is 0.0186. The summed E-state index contributed by atoms with van der Waals surface area (Å²) in [5.41, 5.74) is 1.15. The quantitative estimate of drug-likeness (QED) is 0.737. The van der Waals surface area contributed by atoms with Crippen LogP contribution in [0.15, 0.2) is 24.3 Å². The SMILES string of the molecule is COc1ccc([C@@H](c2sc3nc(C)nn3c2O)N2C[C@H](C)C[C@H](C)C2)cc1. The summed E-state index contributed by atoms with van der Waals surface area (Å²) in [5.74, 6) is 2.95. The van der Waals surface area contributed by atoms with Crippen LogP contribution in [0.25, 0.3) is 4.96 Å². The lowest BCUT2D eigenvalue weighted by atomic mass is 9.89. The Morgan fingerprint density at radius 2 is 1.85 bits per heavy atom. The maximum Gasteiger partial charge on any atom is 0.230 e. The summed E-state index contributed by atoms with van der Waals surface area (Å²) >= 11 is 1.52. The van der Waals surface area contributed by atoms with Gasteiger partial charge in [-0.15, -0.1) is 5.10 Å². The number of aryl methyl sites for hydroxylation is 1. The Hall–Kier alpha value is -2.12. The van der Waals surface area contributed by atoms with Crippen LogP contribution in [0, 0.1) is 18.8 Å². The van der Waals surface area contributed by atoms with Crippen molar-refractivity contribution in [1.82, 2.24) is 19.5 Å². The molecular weight excluding hydrogens is 360 g/mol. The fourth-order valence-corrected chi connectivity index (χ4v) is 5.43. The van der Waals surface area contributed by atoms with Crippen molar-refractivity contribution < 1.29 is 9.84 Å². The average Bonchev–Trinajstić information content (AvgIpc) is 3.13. The summed E-state index contributed by atoms with van der Waals surface area (Å²) < 4.78 is 6.88. The van der Waals surface area contributed by atoms with E-state index in [0.29, 0.717) is 17.7 Å². The summed E-state index contributed by atoms with van der Waals surface area (Å²) in [6.07, 6.45) is 1.24. The third-order valence-corrected chi connectivity index (χ3v) is 6.32. The van der Waals surface area contributed by atoms with E-state index in [-0.39, 0.29) is 11.9 Å². The lowest BCUT2D eigenvalue weighted by molar-refractivity contribution is 0.112. The molecule has 0 aliphatic carbocycles. The number of piperidine rings is 1. The fourth-order valence-electron chi connectivity index (χ4n) is 4.26. The molecular formula is C20H26N4O2S. The van der Waals surface area contributed by atoms with E-state index < -0.39 is 0 Å². The molecule has 0 unspecified atom stereocenters. The van der Waals surface area contributed by atoms with E-state index in [9.17, 15) is 5.11 Å². The lowest BCUT2D eigenvalue weighted by Crippen LogP contribution is -2.41. The maximum atomic E-state index is 10.9. The van der Waals surface area contributed by atoms with Gasteiger partial charge in [-0.1, -0.05) is 37.3 Å². The van der Waals surface area contributed by atoms with Gasteiger partial charge < -0.3 is 9.84 Å². The predicted molar refractivity (Wildman–Crippen MR) is 107 cm³/mol. The van der Waals surface area contributed by atoms with Crippen LogP contribution in [-0.2, 0) is 0 Å². The number of hydrogen-bond donors (Lipinski definition) is 1. The molecule has 3 aromatic rings. The average molecular weight is 387 g/mol. The molecule has 3 heterocycles. The molecule has 27 heavy (non-hydrogen) atoms. The molecule has 0 saturated carbocycles. The highest BCUT2D eigenvalue weighted by atomic mass is 32.1. The Morgan fingerprint density at radius 1 is 1.19 bits per heavy atom. The number of hydrogen-bond acceptors (Lipinski definition) is 6. The van der Waals surface area contributed by atoms with E-state index in [1.54, 1.807) is 11.6 Å². The molecule has 1 N–H and O–H groups in total. The van der Waals surface area contributed by atoms with E-state index in [0.717, 1.165) is 34.2 Å². The molecule has 4 rings (SSSR count). The third-order valence-electron chi connectivity index (χ3n) is 5.25. The van der Waals surface area contributed by atoms with Gasteiger partial charge in [0.1, 0.15) is 11.6 Å². The van der Waals surface area contributed by atoms with Gasteiger partial charge in [0.15, 0.2) is 0 Å². The predicted octanol–water partition coefficient (Wildman–Crippen LogP) is 3.88. The normalized spacial score (nSPS) is 22.2. The largest absolute Gasteiger partial charge is 0.497 e. The van der Waals surface area contributed by atoms with E-state index in [2.05, 4.69) is 41.0 Å². The zero-order valence-electron chi connectivity index (χ0n) is 16.2. The highest BCUT2D eigenvalue weighted by molar-refractivity contribution is 7.17. The monoisotopic (exact) mass is 386 g/mol. The molecule has 0 amide bonds. The molecule has 6 nitrogen and oxygen atoms in total. The highest BCUT2D eigenvalue weighted by Gasteiger charge is 2.33. The molecule has 1 saturated heterocycles. The Balaban J connectivity index is 1.80. The summed E-state index contributed by atoms with van der Waals surface area (Å²) in [6, 6.07) is 8.13. The van der Waals surface area contributed by atoms with Crippen LogP contribution in [-0.4, -0.2) is 44.8 Å². The number of fused-ring (bicyclic) bond motifs is 1. The molecule has 2 aromatic heterocycles.